The molecule has 0 aliphatic carbocycles. The predicted molar refractivity (Wildman–Crippen MR) is 87.7 cm³/mol. The van der Waals surface area contributed by atoms with Gasteiger partial charge in [-0.25, -0.2) is 0 Å². The van der Waals surface area contributed by atoms with Crippen molar-refractivity contribution in [3.63, 3.8) is 0 Å². The van der Waals surface area contributed by atoms with Crippen LogP contribution in [0.1, 0.15) is 29.2 Å². The summed E-state index contributed by atoms with van der Waals surface area (Å²) in [5, 5.41) is 0. The van der Waals surface area contributed by atoms with Crippen LogP contribution in [0.2, 0.25) is 0 Å². The molecule has 20 heavy (non-hydrogen) atoms. The Hall–Kier alpha value is -2.15. The van der Waals surface area contributed by atoms with Gasteiger partial charge in [0.2, 0.25) is 0 Å². The molecular weight excluding hydrogens is 242 g/mol. The van der Waals surface area contributed by atoms with E-state index in [-0.39, 0.29) is 0 Å². The third kappa shape index (κ3) is 2.88. The summed E-state index contributed by atoms with van der Waals surface area (Å²) in [6, 6.07) is 8.69. The maximum atomic E-state index is 4.62. The molecule has 0 N–H and O–H groups in total. The highest BCUT2D eigenvalue weighted by Crippen LogP contribution is 2.25. The minimum absolute atomic E-state index is 1.03. The zero-order valence-electron chi connectivity index (χ0n) is 12.7. The highest BCUT2D eigenvalue weighted by molar-refractivity contribution is 5.76. The van der Waals surface area contributed by atoms with Crippen LogP contribution in [0.5, 0.6) is 0 Å². The van der Waals surface area contributed by atoms with Crippen LogP contribution in [0.15, 0.2) is 49.2 Å². The highest BCUT2D eigenvalue weighted by atomic mass is 14.7. The molecule has 0 fully saturated rings. The Balaban J connectivity index is 2.50. The highest BCUT2D eigenvalue weighted by Gasteiger charge is 2.06. The maximum Gasteiger partial charge on any atom is 0.0705 e. The van der Waals surface area contributed by atoms with E-state index in [0.29, 0.717) is 0 Å². The van der Waals surface area contributed by atoms with Gasteiger partial charge in [-0.15, -0.1) is 0 Å². The Bertz CT molecular complexity index is 658. The largest absolute Gasteiger partial charge is 0.256 e. The van der Waals surface area contributed by atoms with Crippen molar-refractivity contribution in [2.45, 2.75) is 27.7 Å². The number of hydrogen-bond donors (Lipinski definition) is 0. The number of benzene rings is 1. The molecule has 1 heterocycles. The number of pyridine rings is 1. The van der Waals surface area contributed by atoms with Crippen molar-refractivity contribution in [1.29, 1.82) is 0 Å². The fourth-order valence-electron chi connectivity index (χ4n) is 2.52. The number of nitrogens with zero attached hydrogens (tertiary/aromatic N) is 1. The zero-order chi connectivity index (χ0) is 14.7. The van der Waals surface area contributed by atoms with Crippen LogP contribution in [0.3, 0.4) is 0 Å². The Labute approximate surface area is 121 Å². The maximum absolute atomic E-state index is 4.62. The minimum atomic E-state index is 1.03. The van der Waals surface area contributed by atoms with Crippen molar-refractivity contribution in [2.75, 3.05) is 0 Å². The molecule has 0 amide bonds. The summed E-state index contributed by atoms with van der Waals surface area (Å²) in [6.45, 7) is 12.2. The van der Waals surface area contributed by atoms with Crippen molar-refractivity contribution in [2.24, 2.45) is 0 Å². The van der Waals surface area contributed by atoms with Gasteiger partial charge in [-0.3, -0.25) is 4.98 Å². The molecule has 0 bridgehead atoms. The monoisotopic (exact) mass is 263 g/mol. The van der Waals surface area contributed by atoms with Gasteiger partial charge in [0.25, 0.3) is 0 Å². The van der Waals surface area contributed by atoms with E-state index >= 15 is 0 Å². The summed E-state index contributed by atoms with van der Waals surface area (Å²) >= 11 is 0. The molecule has 0 radical (unpaired) electrons. The molecule has 1 nitrogen and oxygen atoms in total. The third-order valence-electron chi connectivity index (χ3n) is 3.47. The summed E-state index contributed by atoms with van der Waals surface area (Å²) < 4.78 is 0. The van der Waals surface area contributed by atoms with Crippen LogP contribution in [-0.2, 0) is 0 Å². The second-order valence-corrected chi connectivity index (χ2v) is 5.21. The Kier molecular flexibility index (Phi) is 4.19. The molecule has 0 aliphatic rings. The molecule has 0 atom stereocenters. The van der Waals surface area contributed by atoms with Gasteiger partial charge < -0.3 is 0 Å². The van der Waals surface area contributed by atoms with Crippen LogP contribution in [0.4, 0.5) is 0 Å². The lowest BCUT2D eigenvalue weighted by Crippen LogP contribution is -1.92. The van der Waals surface area contributed by atoms with Crippen LogP contribution >= 0.6 is 0 Å². The van der Waals surface area contributed by atoms with Gasteiger partial charge in [-0.05, 0) is 57.0 Å². The molecule has 2 aromatic rings. The van der Waals surface area contributed by atoms with Crippen molar-refractivity contribution >= 4 is 5.57 Å². The van der Waals surface area contributed by atoms with Gasteiger partial charge in [0, 0.05) is 17.3 Å². The number of rotatable bonds is 3. The molecule has 1 heteroatoms. The SMILES string of the molecule is C=C/C(=C\C)c1cnc(-c2cc(C)cc(C)c2)cc1C. The van der Waals surface area contributed by atoms with Crippen molar-refractivity contribution in [3.05, 3.63) is 71.4 Å². The smallest absolute Gasteiger partial charge is 0.0705 e. The summed E-state index contributed by atoms with van der Waals surface area (Å²) in [5.74, 6) is 0. The number of hydrogen-bond acceptors (Lipinski definition) is 1. The first-order valence-corrected chi connectivity index (χ1v) is 6.89. The molecule has 102 valence electrons. The van der Waals surface area contributed by atoms with Crippen LogP contribution in [-0.4, -0.2) is 4.98 Å². The van der Waals surface area contributed by atoms with Crippen LogP contribution in [0.25, 0.3) is 16.8 Å². The standard InChI is InChI=1S/C19H21N/c1-6-16(7-2)18-12-20-19(11-15(18)5)17-9-13(3)8-14(4)10-17/h6-12H,1H2,2-5H3/b16-7+. The van der Waals surface area contributed by atoms with Gasteiger partial charge >= 0.3 is 0 Å². The lowest BCUT2D eigenvalue weighted by atomic mass is 9.99. The van der Waals surface area contributed by atoms with E-state index < -0.39 is 0 Å². The van der Waals surface area contributed by atoms with E-state index in [0.717, 1.165) is 16.8 Å². The predicted octanol–water partition coefficient (Wildman–Crippen LogP) is 5.26. The lowest BCUT2D eigenvalue weighted by Gasteiger charge is -2.10. The first kappa shape index (κ1) is 14.3. The molecule has 1 aromatic heterocycles. The Morgan fingerprint density at radius 3 is 2.20 bits per heavy atom. The normalized spacial score (nSPS) is 11.5. The van der Waals surface area contributed by atoms with E-state index in [1.807, 2.05) is 19.2 Å². The summed E-state index contributed by atoms with van der Waals surface area (Å²) in [7, 11) is 0. The molecule has 0 unspecified atom stereocenters. The Morgan fingerprint density at radius 2 is 1.70 bits per heavy atom. The molecule has 1 aromatic carbocycles. The van der Waals surface area contributed by atoms with Gasteiger partial charge in [0.15, 0.2) is 0 Å². The van der Waals surface area contributed by atoms with Crippen LogP contribution in [0, 0.1) is 20.8 Å². The Morgan fingerprint density at radius 1 is 1.05 bits per heavy atom. The average molecular weight is 263 g/mol. The molecule has 0 saturated heterocycles. The quantitative estimate of drug-likeness (QED) is 0.688. The van der Waals surface area contributed by atoms with Crippen molar-refractivity contribution < 1.29 is 0 Å². The minimum Gasteiger partial charge on any atom is -0.256 e. The molecule has 0 aliphatic heterocycles. The van der Waals surface area contributed by atoms with E-state index in [1.165, 1.54) is 22.3 Å². The van der Waals surface area contributed by atoms with Gasteiger partial charge in [0.05, 0.1) is 5.69 Å². The van der Waals surface area contributed by atoms with Crippen molar-refractivity contribution in [3.8, 4) is 11.3 Å². The number of aromatic nitrogens is 1. The summed E-state index contributed by atoms with van der Waals surface area (Å²) in [4.78, 5) is 4.62. The fourth-order valence-corrected chi connectivity index (χ4v) is 2.52. The molecular formula is C19H21N. The second-order valence-electron chi connectivity index (χ2n) is 5.21. The molecule has 0 spiro atoms. The summed E-state index contributed by atoms with van der Waals surface area (Å²) in [5.41, 5.74) is 8.24. The van der Waals surface area contributed by atoms with Crippen molar-refractivity contribution in [1.82, 2.24) is 4.98 Å². The summed E-state index contributed by atoms with van der Waals surface area (Å²) in [6.07, 6.45) is 5.88. The average Bonchev–Trinajstić information content (AvgIpc) is 2.40. The van der Waals surface area contributed by atoms with E-state index in [2.05, 4.69) is 62.7 Å². The number of aryl methyl sites for hydroxylation is 3. The van der Waals surface area contributed by atoms with E-state index in [9.17, 15) is 0 Å². The molecule has 2 rings (SSSR count). The fraction of sp³-hybridized carbons (Fsp3) is 0.211. The van der Waals surface area contributed by atoms with Crippen LogP contribution < -0.4 is 0 Å². The third-order valence-corrected chi connectivity index (χ3v) is 3.47. The first-order valence-electron chi connectivity index (χ1n) is 6.89. The second kappa shape index (κ2) is 5.87. The number of allylic oxidation sites excluding steroid dienone is 3. The lowest BCUT2D eigenvalue weighted by molar-refractivity contribution is 1.25. The first-order chi connectivity index (χ1) is 9.55. The zero-order valence-corrected chi connectivity index (χ0v) is 12.7. The van der Waals surface area contributed by atoms with Gasteiger partial charge in [0.1, 0.15) is 0 Å². The van der Waals surface area contributed by atoms with E-state index in [4.69, 9.17) is 0 Å². The molecule has 0 saturated carbocycles. The van der Waals surface area contributed by atoms with Gasteiger partial charge in [-0.1, -0.05) is 35.9 Å². The van der Waals surface area contributed by atoms with E-state index in [1.54, 1.807) is 0 Å². The van der Waals surface area contributed by atoms with Gasteiger partial charge in [-0.2, -0.15) is 0 Å². The topological polar surface area (TPSA) is 12.9 Å².